The largest absolute Gasteiger partial charge is 0.383 e. The molecule has 0 saturated carbocycles. The number of rotatable bonds is 1. The Morgan fingerprint density at radius 1 is 1.26 bits per heavy atom. The van der Waals surface area contributed by atoms with E-state index < -0.39 is 5.56 Å². The molecule has 4 N–H and O–H groups in total. The first-order valence-electron chi connectivity index (χ1n) is 5.57. The molecule has 3 rings (SSSR count). The Labute approximate surface area is 107 Å². The fraction of sp³-hybridized carbons (Fsp3) is 0. The number of nitrogen functional groups attached to an aromatic ring is 1. The summed E-state index contributed by atoms with van der Waals surface area (Å²) in [6.45, 7) is 0. The number of nitrogens with one attached hydrogen (secondary N) is 2. The SMILES string of the molecule is N#Cc1c(-c2ccccc2)c2c(N)[nH]nc2[nH]c1=O. The van der Waals surface area contributed by atoms with Crippen molar-refractivity contribution in [3.63, 3.8) is 0 Å². The lowest BCUT2D eigenvalue weighted by atomic mass is 9.99. The molecule has 0 saturated heterocycles. The molecule has 92 valence electrons. The predicted molar refractivity (Wildman–Crippen MR) is 71.3 cm³/mol. The van der Waals surface area contributed by atoms with Gasteiger partial charge in [0.2, 0.25) is 0 Å². The normalized spacial score (nSPS) is 10.5. The number of H-pyrrole nitrogens is 2. The Morgan fingerprint density at radius 2 is 2.00 bits per heavy atom. The maximum atomic E-state index is 11.9. The average molecular weight is 251 g/mol. The molecule has 1 aromatic carbocycles. The Morgan fingerprint density at radius 3 is 2.68 bits per heavy atom. The van der Waals surface area contributed by atoms with Crippen LogP contribution in [0.3, 0.4) is 0 Å². The Bertz CT molecular complexity index is 854. The van der Waals surface area contributed by atoms with Crippen LogP contribution in [0, 0.1) is 11.3 Å². The monoisotopic (exact) mass is 251 g/mol. The third-order valence-corrected chi connectivity index (χ3v) is 2.93. The van der Waals surface area contributed by atoms with Crippen molar-refractivity contribution in [1.82, 2.24) is 15.2 Å². The van der Waals surface area contributed by atoms with E-state index >= 15 is 0 Å². The predicted octanol–water partition coefficient (Wildman–Crippen LogP) is 1.37. The summed E-state index contributed by atoms with van der Waals surface area (Å²) >= 11 is 0. The van der Waals surface area contributed by atoms with Gasteiger partial charge < -0.3 is 10.7 Å². The first-order chi connectivity index (χ1) is 9.22. The van der Waals surface area contributed by atoms with Crippen LogP contribution in [0.25, 0.3) is 22.2 Å². The number of hydrogen-bond donors (Lipinski definition) is 3. The molecule has 0 radical (unpaired) electrons. The molecule has 19 heavy (non-hydrogen) atoms. The molecular formula is C13H9N5O. The van der Waals surface area contributed by atoms with Gasteiger partial charge in [-0.25, -0.2) is 0 Å². The topological polar surface area (TPSA) is 111 Å². The summed E-state index contributed by atoms with van der Waals surface area (Å²) in [5, 5.41) is 16.3. The highest BCUT2D eigenvalue weighted by atomic mass is 16.1. The standard InChI is InChI=1S/C13H9N5O/c14-6-8-9(7-4-2-1-3-5-7)10-11(15)17-18-12(10)16-13(8)19/h1-5H,(H4,15,16,17,18,19). The van der Waals surface area contributed by atoms with E-state index in [2.05, 4.69) is 15.2 Å². The molecular weight excluding hydrogens is 242 g/mol. The number of nitrogens with two attached hydrogens (primary N) is 1. The molecule has 2 aromatic heterocycles. The minimum absolute atomic E-state index is 0.0341. The second-order valence-corrected chi connectivity index (χ2v) is 4.04. The molecule has 0 aliphatic carbocycles. The summed E-state index contributed by atoms with van der Waals surface area (Å²) in [5.41, 5.74) is 7.01. The van der Waals surface area contributed by atoms with E-state index in [1.807, 2.05) is 36.4 Å². The highest BCUT2D eigenvalue weighted by Crippen LogP contribution is 2.31. The minimum Gasteiger partial charge on any atom is -0.383 e. The third kappa shape index (κ3) is 1.57. The van der Waals surface area contributed by atoms with Gasteiger partial charge >= 0.3 is 0 Å². The molecule has 0 spiro atoms. The van der Waals surface area contributed by atoms with Crippen LogP contribution in [0.5, 0.6) is 0 Å². The van der Waals surface area contributed by atoms with Crippen molar-refractivity contribution in [3.8, 4) is 17.2 Å². The van der Waals surface area contributed by atoms with Gasteiger partial charge in [-0.05, 0) is 5.56 Å². The minimum atomic E-state index is -0.472. The first kappa shape index (κ1) is 11.0. The fourth-order valence-electron chi connectivity index (χ4n) is 2.11. The van der Waals surface area contributed by atoms with Crippen molar-refractivity contribution in [2.24, 2.45) is 0 Å². The van der Waals surface area contributed by atoms with Gasteiger partial charge in [0.15, 0.2) is 5.65 Å². The first-order valence-corrected chi connectivity index (χ1v) is 5.57. The van der Waals surface area contributed by atoms with Crippen molar-refractivity contribution in [2.45, 2.75) is 0 Å². The maximum Gasteiger partial charge on any atom is 0.268 e. The molecule has 2 heterocycles. The van der Waals surface area contributed by atoms with Crippen molar-refractivity contribution in [1.29, 1.82) is 5.26 Å². The average Bonchev–Trinajstić information content (AvgIpc) is 2.79. The molecule has 0 atom stereocenters. The van der Waals surface area contributed by atoms with Crippen LogP contribution >= 0.6 is 0 Å². The van der Waals surface area contributed by atoms with E-state index in [1.54, 1.807) is 0 Å². The van der Waals surface area contributed by atoms with Crippen LogP contribution in [-0.4, -0.2) is 15.2 Å². The van der Waals surface area contributed by atoms with Crippen LogP contribution in [0.2, 0.25) is 0 Å². The van der Waals surface area contributed by atoms with Crippen molar-refractivity contribution >= 4 is 16.9 Å². The fourth-order valence-corrected chi connectivity index (χ4v) is 2.11. The number of pyridine rings is 1. The summed E-state index contributed by atoms with van der Waals surface area (Å²) in [7, 11) is 0. The van der Waals surface area contributed by atoms with E-state index in [0.717, 1.165) is 5.56 Å². The second-order valence-electron chi connectivity index (χ2n) is 4.04. The van der Waals surface area contributed by atoms with Crippen molar-refractivity contribution in [3.05, 3.63) is 46.2 Å². The number of hydrogen-bond acceptors (Lipinski definition) is 4. The molecule has 0 unspecified atom stereocenters. The van der Waals surface area contributed by atoms with Crippen LogP contribution in [0.4, 0.5) is 5.82 Å². The van der Waals surface area contributed by atoms with E-state index in [-0.39, 0.29) is 5.56 Å². The molecule has 0 amide bonds. The summed E-state index contributed by atoms with van der Waals surface area (Å²) in [6, 6.07) is 11.1. The van der Waals surface area contributed by atoms with Gasteiger partial charge in [0.05, 0.1) is 5.39 Å². The van der Waals surface area contributed by atoms with E-state index in [4.69, 9.17) is 5.73 Å². The Kier molecular flexibility index (Phi) is 2.32. The zero-order valence-corrected chi connectivity index (χ0v) is 9.77. The molecule has 0 aliphatic rings. The van der Waals surface area contributed by atoms with Crippen LogP contribution < -0.4 is 11.3 Å². The lowest BCUT2D eigenvalue weighted by Crippen LogP contribution is -2.12. The zero-order valence-electron chi connectivity index (χ0n) is 9.77. The van der Waals surface area contributed by atoms with E-state index in [0.29, 0.717) is 22.4 Å². The summed E-state index contributed by atoms with van der Waals surface area (Å²) in [4.78, 5) is 14.4. The Hall–Kier alpha value is -3.07. The molecule has 0 bridgehead atoms. The molecule has 3 aromatic rings. The summed E-state index contributed by atoms with van der Waals surface area (Å²) in [6.07, 6.45) is 0. The van der Waals surface area contributed by atoms with Crippen LogP contribution in [0.15, 0.2) is 35.1 Å². The van der Waals surface area contributed by atoms with E-state index in [9.17, 15) is 10.1 Å². The van der Waals surface area contributed by atoms with Gasteiger partial charge in [-0.2, -0.15) is 10.4 Å². The van der Waals surface area contributed by atoms with Gasteiger partial charge in [0.1, 0.15) is 17.5 Å². The van der Waals surface area contributed by atoms with Gasteiger partial charge in [0.25, 0.3) is 5.56 Å². The zero-order chi connectivity index (χ0) is 13.4. The number of benzene rings is 1. The number of fused-ring (bicyclic) bond motifs is 1. The molecule has 0 aliphatic heterocycles. The third-order valence-electron chi connectivity index (χ3n) is 2.93. The quantitative estimate of drug-likeness (QED) is 0.606. The van der Waals surface area contributed by atoms with Gasteiger partial charge in [-0.3, -0.25) is 9.89 Å². The second kappa shape index (κ2) is 3.99. The maximum absolute atomic E-state index is 11.9. The number of aromatic nitrogens is 3. The smallest absolute Gasteiger partial charge is 0.268 e. The van der Waals surface area contributed by atoms with Crippen LogP contribution in [0.1, 0.15) is 5.56 Å². The van der Waals surface area contributed by atoms with Gasteiger partial charge in [0, 0.05) is 5.56 Å². The Balaban J connectivity index is 2.54. The van der Waals surface area contributed by atoms with Crippen LogP contribution in [-0.2, 0) is 0 Å². The number of nitriles is 1. The van der Waals surface area contributed by atoms with Crippen molar-refractivity contribution < 1.29 is 0 Å². The molecule has 0 fully saturated rings. The molecule has 6 heteroatoms. The molecule has 6 nitrogen and oxygen atoms in total. The number of aromatic amines is 2. The summed E-state index contributed by atoms with van der Waals surface area (Å²) in [5.74, 6) is 0.321. The summed E-state index contributed by atoms with van der Waals surface area (Å²) < 4.78 is 0. The highest BCUT2D eigenvalue weighted by molar-refractivity contribution is 6.01. The van der Waals surface area contributed by atoms with E-state index in [1.165, 1.54) is 0 Å². The lowest BCUT2D eigenvalue weighted by molar-refractivity contribution is 1.09. The van der Waals surface area contributed by atoms with Gasteiger partial charge in [-0.1, -0.05) is 30.3 Å². The lowest BCUT2D eigenvalue weighted by Gasteiger charge is -2.05. The van der Waals surface area contributed by atoms with Gasteiger partial charge in [-0.15, -0.1) is 0 Å². The number of anilines is 1. The number of nitrogens with zero attached hydrogens (tertiary/aromatic N) is 2. The van der Waals surface area contributed by atoms with Crippen molar-refractivity contribution in [2.75, 3.05) is 5.73 Å². The highest BCUT2D eigenvalue weighted by Gasteiger charge is 2.17.